The molecule has 0 N–H and O–H groups in total. The largest absolute Gasteiger partial charge is 0.453 e. The van der Waals surface area contributed by atoms with E-state index >= 15 is 0 Å². The second-order valence-electron chi connectivity index (χ2n) is 3.46. The van der Waals surface area contributed by atoms with E-state index in [4.69, 9.17) is 16.3 Å². The van der Waals surface area contributed by atoms with E-state index < -0.39 is 11.6 Å². The van der Waals surface area contributed by atoms with E-state index in [1.165, 1.54) is 30.3 Å². The molecule has 0 aromatic heterocycles. The van der Waals surface area contributed by atoms with E-state index in [2.05, 4.69) is 0 Å². The summed E-state index contributed by atoms with van der Waals surface area (Å²) < 4.78 is 31.5. The van der Waals surface area contributed by atoms with Crippen LogP contribution in [0.3, 0.4) is 0 Å². The number of benzene rings is 2. The van der Waals surface area contributed by atoms with Crippen molar-refractivity contribution in [2.45, 2.75) is 0 Å². The number of carbonyl (C=O) groups excluding carboxylic acids is 1. The standard InChI is InChI=1S/C13H7ClF2O2/c14-9-6-8(7-17)4-5-11(9)18-12-3-1-2-10(15)13(12)16/h1-7H. The Labute approximate surface area is 107 Å². The van der Waals surface area contributed by atoms with Crippen LogP contribution in [0.15, 0.2) is 36.4 Å². The van der Waals surface area contributed by atoms with E-state index in [-0.39, 0.29) is 16.5 Å². The minimum atomic E-state index is -1.09. The normalized spacial score (nSPS) is 10.2. The van der Waals surface area contributed by atoms with Gasteiger partial charge < -0.3 is 4.74 Å². The highest BCUT2D eigenvalue weighted by Gasteiger charge is 2.11. The van der Waals surface area contributed by atoms with Crippen LogP contribution in [-0.4, -0.2) is 6.29 Å². The lowest BCUT2D eigenvalue weighted by Gasteiger charge is -2.08. The van der Waals surface area contributed by atoms with Crippen LogP contribution in [0.2, 0.25) is 5.02 Å². The molecular formula is C13H7ClF2O2. The van der Waals surface area contributed by atoms with E-state index in [1.54, 1.807) is 0 Å². The first-order valence-electron chi connectivity index (χ1n) is 4.98. The average molecular weight is 269 g/mol. The monoisotopic (exact) mass is 268 g/mol. The van der Waals surface area contributed by atoms with Crippen LogP contribution >= 0.6 is 11.6 Å². The molecule has 18 heavy (non-hydrogen) atoms. The Kier molecular flexibility index (Phi) is 3.58. The molecule has 0 saturated carbocycles. The quantitative estimate of drug-likeness (QED) is 0.779. The molecule has 0 heterocycles. The molecule has 0 fully saturated rings. The highest BCUT2D eigenvalue weighted by Crippen LogP contribution is 2.31. The van der Waals surface area contributed by atoms with Gasteiger partial charge in [0.25, 0.3) is 0 Å². The van der Waals surface area contributed by atoms with Gasteiger partial charge in [0.1, 0.15) is 12.0 Å². The maximum Gasteiger partial charge on any atom is 0.201 e. The first kappa shape index (κ1) is 12.5. The fraction of sp³-hybridized carbons (Fsp3) is 0. The molecule has 2 rings (SSSR count). The summed E-state index contributed by atoms with van der Waals surface area (Å²) >= 11 is 5.85. The van der Waals surface area contributed by atoms with Gasteiger partial charge in [-0.2, -0.15) is 4.39 Å². The highest BCUT2D eigenvalue weighted by atomic mass is 35.5. The topological polar surface area (TPSA) is 26.3 Å². The van der Waals surface area contributed by atoms with Gasteiger partial charge >= 0.3 is 0 Å². The Morgan fingerprint density at radius 3 is 2.56 bits per heavy atom. The van der Waals surface area contributed by atoms with Crippen LogP contribution in [0.4, 0.5) is 8.78 Å². The van der Waals surface area contributed by atoms with Crippen molar-refractivity contribution in [2.75, 3.05) is 0 Å². The van der Waals surface area contributed by atoms with Gasteiger partial charge in [0.05, 0.1) is 5.02 Å². The number of rotatable bonds is 3. The predicted molar refractivity (Wildman–Crippen MR) is 63.3 cm³/mol. The van der Waals surface area contributed by atoms with Crippen LogP contribution in [0.1, 0.15) is 10.4 Å². The number of carbonyl (C=O) groups is 1. The minimum Gasteiger partial charge on any atom is -0.453 e. The highest BCUT2D eigenvalue weighted by molar-refractivity contribution is 6.32. The molecule has 2 aromatic carbocycles. The van der Waals surface area contributed by atoms with Gasteiger partial charge in [-0.3, -0.25) is 4.79 Å². The van der Waals surface area contributed by atoms with Crippen molar-refractivity contribution >= 4 is 17.9 Å². The average Bonchev–Trinajstić information content (AvgIpc) is 2.37. The zero-order valence-electron chi connectivity index (χ0n) is 8.99. The third kappa shape index (κ3) is 2.49. The Balaban J connectivity index is 2.34. The number of hydrogen-bond acceptors (Lipinski definition) is 2. The van der Waals surface area contributed by atoms with E-state index in [0.717, 1.165) is 6.07 Å². The second-order valence-corrected chi connectivity index (χ2v) is 3.87. The third-order valence-electron chi connectivity index (χ3n) is 2.23. The van der Waals surface area contributed by atoms with Crippen LogP contribution < -0.4 is 4.74 Å². The Bertz CT molecular complexity index is 600. The Morgan fingerprint density at radius 1 is 1.11 bits per heavy atom. The maximum absolute atomic E-state index is 13.4. The molecule has 0 spiro atoms. The molecule has 0 aliphatic heterocycles. The summed E-state index contributed by atoms with van der Waals surface area (Å²) in [7, 11) is 0. The fourth-order valence-corrected chi connectivity index (χ4v) is 1.58. The molecule has 0 saturated heterocycles. The lowest BCUT2D eigenvalue weighted by Crippen LogP contribution is -1.92. The first-order chi connectivity index (χ1) is 8.61. The summed E-state index contributed by atoms with van der Waals surface area (Å²) in [5, 5.41) is 0.142. The van der Waals surface area contributed by atoms with E-state index in [9.17, 15) is 13.6 Å². The lowest BCUT2D eigenvalue weighted by molar-refractivity contribution is 0.112. The molecule has 0 radical (unpaired) electrons. The smallest absolute Gasteiger partial charge is 0.201 e. The van der Waals surface area contributed by atoms with Crippen LogP contribution in [-0.2, 0) is 0 Å². The molecule has 0 bridgehead atoms. The summed E-state index contributed by atoms with van der Waals surface area (Å²) in [5.41, 5.74) is 0.368. The van der Waals surface area contributed by atoms with Crippen molar-refractivity contribution in [3.8, 4) is 11.5 Å². The summed E-state index contributed by atoms with van der Waals surface area (Å²) in [6.07, 6.45) is 0.623. The van der Waals surface area contributed by atoms with E-state index in [0.29, 0.717) is 11.8 Å². The summed E-state index contributed by atoms with van der Waals surface area (Å²) in [6.45, 7) is 0. The van der Waals surface area contributed by atoms with Gasteiger partial charge in [-0.1, -0.05) is 17.7 Å². The van der Waals surface area contributed by atoms with Crippen molar-refractivity contribution in [1.29, 1.82) is 0 Å². The first-order valence-corrected chi connectivity index (χ1v) is 5.36. The van der Waals surface area contributed by atoms with Gasteiger partial charge in [-0.25, -0.2) is 4.39 Å². The van der Waals surface area contributed by atoms with Crippen molar-refractivity contribution in [2.24, 2.45) is 0 Å². The number of halogens is 3. The van der Waals surface area contributed by atoms with Gasteiger partial charge in [0.2, 0.25) is 5.82 Å². The van der Waals surface area contributed by atoms with Gasteiger partial charge in [-0.15, -0.1) is 0 Å². The van der Waals surface area contributed by atoms with Gasteiger partial charge in [0.15, 0.2) is 11.6 Å². The van der Waals surface area contributed by atoms with Crippen LogP contribution in [0.25, 0.3) is 0 Å². The Morgan fingerprint density at radius 2 is 1.89 bits per heavy atom. The van der Waals surface area contributed by atoms with Gasteiger partial charge in [0, 0.05) is 5.56 Å². The van der Waals surface area contributed by atoms with Crippen molar-refractivity contribution in [3.05, 3.63) is 58.6 Å². The third-order valence-corrected chi connectivity index (χ3v) is 2.52. The molecule has 2 aromatic rings. The van der Waals surface area contributed by atoms with Crippen molar-refractivity contribution < 1.29 is 18.3 Å². The zero-order chi connectivity index (χ0) is 13.1. The molecule has 92 valence electrons. The lowest BCUT2D eigenvalue weighted by atomic mass is 10.2. The predicted octanol–water partition coefficient (Wildman–Crippen LogP) is 4.22. The number of hydrogen-bond donors (Lipinski definition) is 0. The van der Waals surface area contributed by atoms with Crippen molar-refractivity contribution in [3.63, 3.8) is 0 Å². The van der Waals surface area contributed by atoms with Crippen LogP contribution in [0, 0.1) is 11.6 Å². The molecular weight excluding hydrogens is 262 g/mol. The SMILES string of the molecule is O=Cc1ccc(Oc2cccc(F)c2F)c(Cl)c1. The number of ether oxygens (including phenoxy) is 1. The summed E-state index contributed by atoms with van der Waals surface area (Å²) in [4.78, 5) is 10.5. The molecule has 2 nitrogen and oxygen atoms in total. The molecule has 0 aliphatic carbocycles. The minimum absolute atomic E-state index is 0.142. The zero-order valence-corrected chi connectivity index (χ0v) is 9.75. The molecule has 0 aliphatic rings. The summed E-state index contributed by atoms with van der Waals surface area (Å²) in [6, 6.07) is 7.84. The van der Waals surface area contributed by atoms with E-state index in [1.807, 2.05) is 0 Å². The number of aldehydes is 1. The molecule has 0 amide bonds. The van der Waals surface area contributed by atoms with Gasteiger partial charge in [-0.05, 0) is 30.3 Å². The fourth-order valence-electron chi connectivity index (χ4n) is 1.35. The van der Waals surface area contributed by atoms with Crippen LogP contribution in [0.5, 0.6) is 11.5 Å². The molecule has 5 heteroatoms. The molecule has 0 atom stereocenters. The maximum atomic E-state index is 13.4. The Hall–Kier alpha value is -1.94. The summed E-state index contributed by atoms with van der Waals surface area (Å²) in [5.74, 6) is -2.22. The second kappa shape index (κ2) is 5.14. The van der Waals surface area contributed by atoms with Crippen molar-refractivity contribution in [1.82, 2.24) is 0 Å². The molecule has 0 unspecified atom stereocenters.